The average Bonchev–Trinajstić information content (AvgIpc) is 2.65. The van der Waals surface area contributed by atoms with Crippen LogP contribution in [0.2, 0.25) is 0 Å². The summed E-state index contributed by atoms with van der Waals surface area (Å²) in [6.07, 6.45) is -3.35. The van der Waals surface area contributed by atoms with Gasteiger partial charge in [-0.3, -0.25) is 19.2 Å². The van der Waals surface area contributed by atoms with Gasteiger partial charge in [-0.1, -0.05) is 13.3 Å². The smallest absolute Gasteiger partial charge is 0.336 e. The van der Waals surface area contributed by atoms with E-state index in [2.05, 4.69) is 0 Å². The van der Waals surface area contributed by atoms with Gasteiger partial charge in [-0.25, -0.2) is 9.59 Å². The lowest BCUT2D eigenvalue weighted by Gasteiger charge is -2.23. The summed E-state index contributed by atoms with van der Waals surface area (Å²) in [4.78, 5) is 67.4. The first-order valence-corrected chi connectivity index (χ1v) is 10.4. The molecule has 0 spiro atoms. The van der Waals surface area contributed by atoms with E-state index < -0.39 is 78.8 Å². The summed E-state index contributed by atoms with van der Waals surface area (Å²) >= 11 is 0. The molecule has 3 unspecified atom stereocenters. The number of hydrogen-bond acceptors (Lipinski definition) is 10. The fourth-order valence-electron chi connectivity index (χ4n) is 2.93. The van der Waals surface area contributed by atoms with E-state index in [4.69, 9.17) is 29.9 Å². The lowest BCUT2D eigenvalue weighted by atomic mass is 9.96. The summed E-state index contributed by atoms with van der Waals surface area (Å²) in [6, 6.07) is 0. The predicted molar refractivity (Wildman–Crippen MR) is 109 cm³/mol. The standard InChI is InChI=1S/C20H30O14/c1-2-5-12(34-16(26)11-20(32,18(29)30)9-14(23)24)6-3-4-7-33-15(25)10-19(31,17(27)28)8-13(21)22/h12,31-32H,2-11H2,1H3,(H,21,22)(H,23,24)(H,27,28)(H,29,30). The minimum absolute atomic E-state index is 0.189. The number of carbonyl (C=O) groups is 6. The van der Waals surface area contributed by atoms with Crippen LogP contribution in [0.25, 0.3) is 0 Å². The molecule has 0 aromatic heterocycles. The molecule has 0 saturated heterocycles. The highest BCUT2D eigenvalue weighted by Gasteiger charge is 2.42. The molecule has 0 aromatic rings. The summed E-state index contributed by atoms with van der Waals surface area (Å²) in [7, 11) is 0. The van der Waals surface area contributed by atoms with Crippen molar-refractivity contribution >= 4 is 35.8 Å². The SMILES string of the molecule is CCCC(CCCCOC(=O)CC(O)(CC(=O)O)C(=O)O)OC(=O)CC(O)(CC(=O)O)C(=O)O. The molecule has 0 aliphatic heterocycles. The summed E-state index contributed by atoms with van der Waals surface area (Å²) in [6.45, 7) is 1.60. The van der Waals surface area contributed by atoms with E-state index in [1.807, 2.05) is 0 Å². The van der Waals surface area contributed by atoms with Gasteiger partial charge >= 0.3 is 35.8 Å². The number of carbonyl (C=O) groups excluding carboxylic acids is 2. The summed E-state index contributed by atoms with van der Waals surface area (Å²) in [5, 5.41) is 55.0. The molecule has 0 bridgehead atoms. The third kappa shape index (κ3) is 11.6. The quantitative estimate of drug-likeness (QED) is 0.106. The molecular formula is C20H30O14. The minimum Gasteiger partial charge on any atom is -0.481 e. The number of unbranched alkanes of at least 4 members (excludes halogenated alkanes) is 1. The Hall–Kier alpha value is -3.26. The van der Waals surface area contributed by atoms with Crippen LogP contribution in [0.3, 0.4) is 0 Å². The molecule has 0 saturated carbocycles. The van der Waals surface area contributed by atoms with Crippen LogP contribution in [0.15, 0.2) is 0 Å². The molecule has 0 aliphatic rings. The fraction of sp³-hybridized carbons (Fsp3) is 0.700. The number of aliphatic carboxylic acids is 4. The molecule has 0 fully saturated rings. The predicted octanol–water partition coefficient (Wildman–Crippen LogP) is -0.227. The lowest BCUT2D eigenvalue weighted by Crippen LogP contribution is -2.43. The normalized spacial score (nSPS) is 15.3. The Morgan fingerprint density at radius 1 is 0.706 bits per heavy atom. The van der Waals surface area contributed by atoms with Gasteiger partial charge in [-0.2, -0.15) is 0 Å². The van der Waals surface area contributed by atoms with Crippen molar-refractivity contribution in [1.82, 2.24) is 0 Å². The van der Waals surface area contributed by atoms with Gasteiger partial charge in [-0.15, -0.1) is 0 Å². The average molecular weight is 494 g/mol. The summed E-state index contributed by atoms with van der Waals surface area (Å²) in [5.74, 6) is -9.19. The maximum atomic E-state index is 12.1. The Kier molecular flexibility index (Phi) is 12.7. The van der Waals surface area contributed by atoms with Crippen molar-refractivity contribution in [2.45, 2.75) is 82.0 Å². The van der Waals surface area contributed by atoms with E-state index in [0.717, 1.165) is 0 Å². The van der Waals surface area contributed by atoms with Gasteiger partial charge in [0.05, 0.1) is 32.3 Å². The largest absolute Gasteiger partial charge is 0.481 e. The second-order valence-electron chi connectivity index (χ2n) is 7.78. The number of hydrogen-bond donors (Lipinski definition) is 6. The van der Waals surface area contributed by atoms with Gasteiger partial charge in [-0.05, 0) is 25.7 Å². The molecular weight excluding hydrogens is 464 g/mol. The fourth-order valence-corrected chi connectivity index (χ4v) is 2.93. The highest BCUT2D eigenvalue weighted by molar-refractivity contribution is 5.89. The minimum atomic E-state index is -2.81. The van der Waals surface area contributed by atoms with Crippen molar-refractivity contribution in [1.29, 1.82) is 0 Å². The van der Waals surface area contributed by atoms with Gasteiger partial charge in [0.15, 0.2) is 11.2 Å². The molecule has 0 rings (SSSR count). The first-order chi connectivity index (χ1) is 15.6. The monoisotopic (exact) mass is 494 g/mol. The van der Waals surface area contributed by atoms with Crippen molar-refractivity contribution in [3.63, 3.8) is 0 Å². The van der Waals surface area contributed by atoms with Crippen molar-refractivity contribution in [2.75, 3.05) is 6.61 Å². The van der Waals surface area contributed by atoms with Gasteiger partial charge < -0.3 is 40.1 Å². The van der Waals surface area contributed by atoms with E-state index in [-0.39, 0.29) is 19.4 Å². The molecule has 3 atom stereocenters. The van der Waals surface area contributed by atoms with Crippen LogP contribution in [-0.4, -0.2) is 90.4 Å². The zero-order valence-corrected chi connectivity index (χ0v) is 18.6. The van der Waals surface area contributed by atoms with Crippen LogP contribution in [0.4, 0.5) is 0 Å². The maximum Gasteiger partial charge on any atom is 0.336 e. The molecule has 0 heterocycles. The van der Waals surface area contributed by atoms with Gasteiger partial charge in [0.25, 0.3) is 0 Å². The zero-order chi connectivity index (χ0) is 26.5. The third-order valence-electron chi connectivity index (χ3n) is 4.65. The highest BCUT2D eigenvalue weighted by atomic mass is 16.5. The molecule has 194 valence electrons. The number of carboxylic acids is 4. The van der Waals surface area contributed by atoms with Crippen LogP contribution in [0, 0.1) is 0 Å². The van der Waals surface area contributed by atoms with Crippen LogP contribution in [0.1, 0.15) is 64.7 Å². The van der Waals surface area contributed by atoms with Crippen LogP contribution in [0.5, 0.6) is 0 Å². The zero-order valence-electron chi connectivity index (χ0n) is 18.6. The molecule has 0 amide bonds. The third-order valence-corrected chi connectivity index (χ3v) is 4.65. The van der Waals surface area contributed by atoms with Crippen LogP contribution in [-0.2, 0) is 38.2 Å². The first kappa shape index (κ1) is 30.7. The maximum absolute atomic E-state index is 12.1. The highest BCUT2D eigenvalue weighted by Crippen LogP contribution is 2.20. The molecule has 0 radical (unpaired) electrons. The molecule has 14 heteroatoms. The van der Waals surface area contributed by atoms with Gasteiger partial charge in [0, 0.05) is 0 Å². The molecule has 14 nitrogen and oxygen atoms in total. The van der Waals surface area contributed by atoms with Gasteiger partial charge in [0.2, 0.25) is 0 Å². The summed E-state index contributed by atoms with van der Waals surface area (Å²) in [5.41, 5.74) is -5.62. The Morgan fingerprint density at radius 3 is 1.59 bits per heavy atom. The van der Waals surface area contributed by atoms with Crippen LogP contribution >= 0.6 is 0 Å². The molecule has 0 aliphatic carbocycles. The topological polar surface area (TPSA) is 242 Å². The summed E-state index contributed by atoms with van der Waals surface area (Å²) < 4.78 is 9.96. The van der Waals surface area contributed by atoms with Crippen molar-refractivity contribution in [3.8, 4) is 0 Å². The first-order valence-electron chi connectivity index (χ1n) is 10.4. The number of carboxylic acid groups (broad SMARTS) is 4. The number of aliphatic hydroxyl groups is 2. The Bertz CT molecular complexity index is 762. The Labute approximate surface area is 194 Å². The molecule has 6 N–H and O–H groups in total. The van der Waals surface area contributed by atoms with Crippen molar-refractivity contribution in [3.05, 3.63) is 0 Å². The Balaban J connectivity index is 4.63. The van der Waals surface area contributed by atoms with Gasteiger partial charge in [0.1, 0.15) is 6.10 Å². The van der Waals surface area contributed by atoms with E-state index in [0.29, 0.717) is 19.3 Å². The van der Waals surface area contributed by atoms with E-state index >= 15 is 0 Å². The molecule has 0 aromatic carbocycles. The van der Waals surface area contributed by atoms with E-state index in [9.17, 15) is 39.0 Å². The van der Waals surface area contributed by atoms with Crippen molar-refractivity contribution < 1.29 is 68.9 Å². The second kappa shape index (κ2) is 14.1. The Morgan fingerprint density at radius 2 is 1.18 bits per heavy atom. The van der Waals surface area contributed by atoms with E-state index in [1.54, 1.807) is 6.92 Å². The number of rotatable bonds is 18. The number of ether oxygens (including phenoxy) is 2. The second-order valence-corrected chi connectivity index (χ2v) is 7.78. The van der Waals surface area contributed by atoms with E-state index in [1.165, 1.54) is 0 Å². The molecule has 34 heavy (non-hydrogen) atoms. The number of esters is 2. The van der Waals surface area contributed by atoms with Crippen molar-refractivity contribution in [2.24, 2.45) is 0 Å². The lowest BCUT2D eigenvalue weighted by molar-refractivity contribution is -0.173. The van der Waals surface area contributed by atoms with Crippen LogP contribution < -0.4 is 0 Å².